The molecule has 3 amide bonds. The van der Waals surface area contributed by atoms with Crippen LogP contribution in [0.4, 0.5) is 13.2 Å². The summed E-state index contributed by atoms with van der Waals surface area (Å²) >= 11 is 0. The Hall–Kier alpha value is -4.22. The first-order chi connectivity index (χ1) is 23.3. The molecule has 1 heterocycles. The van der Waals surface area contributed by atoms with Crippen LogP contribution in [0, 0.1) is 5.92 Å². The van der Waals surface area contributed by atoms with Gasteiger partial charge < -0.3 is 26.0 Å². The quantitative estimate of drug-likeness (QED) is 0.170. The minimum absolute atomic E-state index is 0.00855. The summed E-state index contributed by atoms with van der Waals surface area (Å²) in [7, 11) is 0. The van der Waals surface area contributed by atoms with Crippen molar-refractivity contribution in [1.29, 1.82) is 0 Å². The van der Waals surface area contributed by atoms with E-state index in [0.29, 0.717) is 31.2 Å². The fourth-order valence-electron chi connectivity index (χ4n) is 6.65. The van der Waals surface area contributed by atoms with Crippen molar-refractivity contribution in [1.82, 2.24) is 20.9 Å². The number of benzene rings is 3. The number of alkyl halides is 3. The van der Waals surface area contributed by atoms with Crippen LogP contribution in [-0.4, -0.2) is 64.5 Å². The second-order valence-electron chi connectivity index (χ2n) is 13.4. The minimum atomic E-state index is -4.47. The normalized spacial score (nSPS) is 18.3. The van der Waals surface area contributed by atoms with Crippen LogP contribution in [0.15, 0.2) is 84.9 Å². The summed E-state index contributed by atoms with van der Waals surface area (Å²) in [5, 5.41) is 20.3. The van der Waals surface area contributed by atoms with Crippen LogP contribution in [0.5, 0.6) is 0 Å². The molecule has 3 aromatic rings. The number of nitrogens with one attached hydrogen (secondary N) is 3. The molecule has 0 spiro atoms. The van der Waals surface area contributed by atoms with Crippen LogP contribution in [-0.2, 0) is 39.9 Å². The van der Waals surface area contributed by atoms with E-state index in [-0.39, 0.29) is 43.8 Å². The topological polar surface area (TPSA) is 111 Å². The third kappa shape index (κ3) is 10.6. The van der Waals surface area contributed by atoms with Gasteiger partial charge in [0.1, 0.15) is 11.6 Å². The molecule has 1 fully saturated rings. The van der Waals surface area contributed by atoms with Crippen molar-refractivity contribution in [3.8, 4) is 0 Å². The van der Waals surface area contributed by atoms with E-state index in [1.54, 1.807) is 11.0 Å². The van der Waals surface area contributed by atoms with E-state index in [2.05, 4.69) is 16.0 Å². The van der Waals surface area contributed by atoms with Gasteiger partial charge in [0.2, 0.25) is 17.7 Å². The van der Waals surface area contributed by atoms with Crippen LogP contribution in [0.3, 0.4) is 0 Å². The molecule has 49 heavy (non-hydrogen) atoms. The molecule has 11 heteroatoms. The van der Waals surface area contributed by atoms with Gasteiger partial charge in [0.15, 0.2) is 0 Å². The maximum atomic E-state index is 14.3. The van der Waals surface area contributed by atoms with E-state index in [9.17, 15) is 32.7 Å². The van der Waals surface area contributed by atoms with Gasteiger partial charge in [-0.25, -0.2) is 0 Å². The summed E-state index contributed by atoms with van der Waals surface area (Å²) in [6, 6.07) is 22.3. The van der Waals surface area contributed by atoms with Gasteiger partial charge in [-0.05, 0) is 60.8 Å². The van der Waals surface area contributed by atoms with Crippen molar-refractivity contribution in [3.05, 3.63) is 107 Å². The van der Waals surface area contributed by atoms with E-state index in [4.69, 9.17) is 0 Å². The molecule has 8 nitrogen and oxygen atoms in total. The highest BCUT2D eigenvalue weighted by molar-refractivity contribution is 5.96. The van der Waals surface area contributed by atoms with Crippen LogP contribution >= 0.6 is 0 Å². The maximum absolute atomic E-state index is 14.3. The molecular formula is C38H47F3N4O4. The van der Waals surface area contributed by atoms with Gasteiger partial charge in [-0.2, -0.15) is 13.2 Å². The SMILES string of the molecule is CC(=O)N[C@]1(CC(C)C)CCN(C(CCc2ccccc2)C(=O)N[C@@H](Cc2ccccc2)[C@H](O)CNCc2cccc(C(F)(F)F)c2)C1=O. The minimum Gasteiger partial charge on any atom is -0.390 e. The van der Waals surface area contributed by atoms with Gasteiger partial charge in [-0.3, -0.25) is 14.4 Å². The monoisotopic (exact) mass is 680 g/mol. The summed E-state index contributed by atoms with van der Waals surface area (Å²) in [5.41, 5.74) is 0.409. The first kappa shape index (κ1) is 37.6. The zero-order chi connectivity index (χ0) is 35.6. The molecule has 1 aliphatic rings. The number of hydrogen-bond donors (Lipinski definition) is 4. The zero-order valence-corrected chi connectivity index (χ0v) is 28.3. The van der Waals surface area contributed by atoms with Crippen molar-refractivity contribution in [2.75, 3.05) is 13.1 Å². The molecule has 0 aliphatic carbocycles. The van der Waals surface area contributed by atoms with Gasteiger partial charge in [0, 0.05) is 26.6 Å². The van der Waals surface area contributed by atoms with E-state index in [1.807, 2.05) is 74.5 Å². The molecule has 0 aromatic heterocycles. The van der Waals surface area contributed by atoms with Gasteiger partial charge in [0.05, 0.1) is 17.7 Å². The summed E-state index contributed by atoms with van der Waals surface area (Å²) < 4.78 is 39.6. The predicted octanol–water partition coefficient (Wildman–Crippen LogP) is 5.04. The number of aliphatic hydroxyl groups excluding tert-OH is 1. The Bertz CT molecular complexity index is 1540. The third-order valence-corrected chi connectivity index (χ3v) is 8.88. The average Bonchev–Trinajstić information content (AvgIpc) is 3.34. The molecule has 4 atom stereocenters. The fraction of sp³-hybridized carbons (Fsp3) is 0.447. The first-order valence-corrected chi connectivity index (χ1v) is 16.8. The first-order valence-electron chi connectivity index (χ1n) is 16.8. The number of amides is 3. The van der Waals surface area contributed by atoms with Crippen molar-refractivity contribution in [3.63, 3.8) is 0 Å². The number of rotatable bonds is 16. The number of hydrogen-bond acceptors (Lipinski definition) is 5. The summed E-state index contributed by atoms with van der Waals surface area (Å²) in [6.45, 7) is 5.70. The molecule has 4 N–H and O–H groups in total. The highest BCUT2D eigenvalue weighted by atomic mass is 19.4. The van der Waals surface area contributed by atoms with Gasteiger partial charge in [-0.1, -0.05) is 92.7 Å². The van der Waals surface area contributed by atoms with Crippen molar-refractivity contribution in [2.24, 2.45) is 5.92 Å². The lowest BCUT2D eigenvalue weighted by molar-refractivity contribution is -0.143. The molecule has 0 saturated carbocycles. The summed E-state index contributed by atoms with van der Waals surface area (Å²) in [5.74, 6) is -0.927. The molecule has 0 radical (unpaired) electrons. The Balaban J connectivity index is 1.55. The smallest absolute Gasteiger partial charge is 0.390 e. The number of halogens is 3. The van der Waals surface area contributed by atoms with Crippen LogP contribution in [0.25, 0.3) is 0 Å². The van der Waals surface area contributed by atoms with E-state index in [0.717, 1.165) is 23.3 Å². The van der Waals surface area contributed by atoms with Crippen LogP contribution in [0.2, 0.25) is 0 Å². The number of carbonyl (C=O) groups excluding carboxylic acids is 3. The van der Waals surface area contributed by atoms with Gasteiger partial charge in [-0.15, -0.1) is 0 Å². The van der Waals surface area contributed by atoms with Crippen molar-refractivity contribution >= 4 is 17.7 Å². The lowest BCUT2D eigenvalue weighted by Gasteiger charge is -2.34. The third-order valence-electron chi connectivity index (χ3n) is 8.88. The molecule has 4 rings (SSSR count). The average molecular weight is 681 g/mol. The van der Waals surface area contributed by atoms with Gasteiger partial charge in [0.25, 0.3) is 0 Å². The van der Waals surface area contributed by atoms with Crippen molar-refractivity contribution in [2.45, 2.75) is 89.3 Å². The number of aliphatic hydroxyl groups is 1. The Morgan fingerprint density at radius 1 is 0.939 bits per heavy atom. The van der Waals surface area contributed by atoms with E-state index >= 15 is 0 Å². The lowest BCUT2D eigenvalue weighted by Crippen LogP contribution is -2.59. The molecule has 264 valence electrons. The fourth-order valence-corrected chi connectivity index (χ4v) is 6.65. The molecule has 1 unspecified atom stereocenters. The van der Waals surface area contributed by atoms with Crippen molar-refractivity contribution < 1.29 is 32.7 Å². The Labute approximate surface area is 286 Å². The number of nitrogens with zero attached hydrogens (tertiary/aromatic N) is 1. The van der Waals surface area contributed by atoms with Crippen LogP contribution < -0.4 is 16.0 Å². The molecular weight excluding hydrogens is 633 g/mol. The molecule has 3 aromatic carbocycles. The maximum Gasteiger partial charge on any atom is 0.416 e. The molecule has 0 bridgehead atoms. The van der Waals surface area contributed by atoms with Crippen LogP contribution in [0.1, 0.15) is 62.3 Å². The highest BCUT2D eigenvalue weighted by Gasteiger charge is 2.50. The lowest BCUT2D eigenvalue weighted by atomic mass is 9.87. The second-order valence-corrected chi connectivity index (χ2v) is 13.4. The molecule has 1 saturated heterocycles. The zero-order valence-electron chi connectivity index (χ0n) is 28.3. The Kier molecular flexibility index (Phi) is 13.0. The Morgan fingerprint density at radius 3 is 2.18 bits per heavy atom. The second kappa shape index (κ2) is 16.9. The Morgan fingerprint density at radius 2 is 1.57 bits per heavy atom. The summed E-state index contributed by atoms with van der Waals surface area (Å²) in [6.07, 6.45) is -3.66. The summed E-state index contributed by atoms with van der Waals surface area (Å²) in [4.78, 5) is 42.2. The standard InChI is InChI=1S/C38H47F3N4O4/c1-26(2)23-37(44-27(3)46)19-20-45(36(37)49)33(18-17-28-11-6-4-7-12-28)35(48)43-32(22-29-13-8-5-9-14-29)34(47)25-42-24-30-15-10-16-31(21-30)38(39,40)41/h4-16,21,26,32-34,42,47H,17-20,22-25H2,1-3H3,(H,43,48)(H,44,46)/t32-,33?,34+,37-/m0/s1. The predicted molar refractivity (Wildman–Crippen MR) is 182 cm³/mol. The van der Waals surface area contributed by atoms with E-state index < -0.39 is 41.4 Å². The number of likely N-dealkylation sites (tertiary alicyclic amines) is 1. The number of aryl methyl sites for hydroxylation is 1. The molecule has 1 aliphatic heterocycles. The number of carbonyl (C=O) groups is 3. The highest BCUT2D eigenvalue weighted by Crippen LogP contribution is 2.33. The van der Waals surface area contributed by atoms with E-state index in [1.165, 1.54) is 13.0 Å². The van der Waals surface area contributed by atoms with Gasteiger partial charge >= 0.3 is 6.18 Å². The largest absolute Gasteiger partial charge is 0.416 e.